The van der Waals surface area contributed by atoms with Crippen LogP contribution in [0.2, 0.25) is 0 Å². The Morgan fingerprint density at radius 1 is 1.36 bits per heavy atom. The molecule has 142 valence electrons. The van der Waals surface area contributed by atoms with Crippen molar-refractivity contribution in [1.82, 2.24) is 5.32 Å². The maximum Gasteiger partial charge on any atom is 0.416 e. The molecular formula is C18H26ClF3N2O. The second kappa shape index (κ2) is 7.96. The van der Waals surface area contributed by atoms with Gasteiger partial charge in [-0.05, 0) is 43.2 Å². The van der Waals surface area contributed by atoms with Crippen molar-refractivity contribution in [3.63, 3.8) is 0 Å². The van der Waals surface area contributed by atoms with Gasteiger partial charge in [0.05, 0.1) is 5.56 Å². The molecule has 3 nitrogen and oxygen atoms in total. The molecule has 0 saturated heterocycles. The summed E-state index contributed by atoms with van der Waals surface area (Å²) in [5.74, 6) is -0.150. The van der Waals surface area contributed by atoms with Gasteiger partial charge in [-0.25, -0.2) is 0 Å². The van der Waals surface area contributed by atoms with Gasteiger partial charge < -0.3 is 11.1 Å². The third-order valence-corrected chi connectivity index (χ3v) is 4.50. The number of amides is 1. The lowest BCUT2D eigenvalue weighted by Crippen LogP contribution is -2.52. The van der Waals surface area contributed by atoms with Crippen LogP contribution in [0.4, 0.5) is 13.2 Å². The van der Waals surface area contributed by atoms with Crippen molar-refractivity contribution in [3.8, 4) is 0 Å². The molecule has 0 spiro atoms. The van der Waals surface area contributed by atoms with E-state index < -0.39 is 17.3 Å². The first-order valence-corrected chi connectivity index (χ1v) is 8.25. The Labute approximate surface area is 153 Å². The molecule has 0 aliphatic heterocycles. The largest absolute Gasteiger partial charge is 0.416 e. The van der Waals surface area contributed by atoms with E-state index in [1.54, 1.807) is 6.07 Å². The van der Waals surface area contributed by atoms with Crippen LogP contribution in [0.1, 0.15) is 50.7 Å². The van der Waals surface area contributed by atoms with Gasteiger partial charge >= 0.3 is 6.18 Å². The zero-order chi connectivity index (χ0) is 18.1. The van der Waals surface area contributed by atoms with Crippen LogP contribution in [0.3, 0.4) is 0 Å². The van der Waals surface area contributed by atoms with Gasteiger partial charge in [-0.1, -0.05) is 32.0 Å². The van der Waals surface area contributed by atoms with Crippen molar-refractivity contribution in [3.05, 3.63) is 35.4 Å². The first-order valence-electron chi connectivity index (χ1n) is 8.25. The van der Waals surface area contributed by atoms with Gasteiger partial charge in [0.1, 0.15) is 0 Å². The topological polar surface area (TPSA) is 55.1 Å². The number of rotatable bonds is 6. The fourth-order valence-electron chi connectivity index (χ4n) is 3.28. The zero-order valence-corrected chi connectivity index (χ0v) is 15.5. The Balaban J connectivity index is 0.00000312. The molecule has 1 aliphatic carbocycles. The third kappa shape index (κ3) is 5.61. The molecule has 1 aliphatic rings. The minimum atomic E-state index is -4.36. The lowest BCUT2D eigenvalue weighted by atomic mass is 9.90. The van der Waals surface area contributed by atoms with Crippen molar-refractivity contribution in [2.24, 2.45) is 17.6 Å². The van der Waals surface area contributed by atoms with E-state index in [-0.39, 0.29) is 30.2 Å². The molecule has 0 bridgehead atoms. The fraction of sp³-hybridized carbons (Fsp3) is 0.611. The number of hydrogen-bond donors (Lipinski definition) is 2. The van der Waals surface area contributed by atoms with E-state index in [1.807, 2.05) is 6.92 Å². The Kier molecular flexibility index (Phi) is 6.93. The van der Waals surface area contributed by atoms with Crippen LogP contribution in [0.25, 0.3) is 0 Å². The minimum absolute atomic E-state index is 0. The summed E-state index contributed by atoms with van der Waals surface area (Å²) in [7, 11) is 0. The molecule has 3 atom stereocenters. The van der Waals surface area contributed by atoms with Crippen molar-refractivity contribution in [2.75, 3.05) is 6.54 Å². The van der Waals surface area contributed by atoms with Crippen LogP contribution < -0.4 is 11.1 Å². The predicted molar refractivity (Wildman–Crippen MR) is 94.6 cm³/mol. The number of alkyl halides is 3. The van der Waals surface area contributed by atoms with Gasteiger partial charge in [0, 0.05) is 18.0 Å². The number of hydrogen-bond acceptors (Lipinski definition) is 2. The number of carbonyl (C=O) groups excluding carboxylic acids is 1. The molecular weight excluding hydrogens is 353 g/mol. The Bertz CT molecular complexity index is 606. The van der Waals surface area contributed by atoms with Gasteiger partial charge in [-0.2, -0.15) is 13.2 Å². The van der Waals surface area contributed by atoms with E-state index in [0.717, 1.165) is 18.6 Å². The van der Waals surface area contributed by atoms with Crippen molar-refractivity contribution < 1.29 is 18.0 Å². The molecule has 7 heteroatoms. The Morgan fingerprint density at radius 2 is 2.00 bits per heavy atom. The summed E-state index contributed by atoms with van der Waals surface area (Å²) in [5.41, 5.74) is 5.22. The molecule has 1 amide bonds. The lowest BCUT2D eigenvalue weighted by molar-refractivity contribution is -0.137. The molecule has 1 fully saturated rings. The molecule has 0 heterocycles. The summed E-state index contributed by atoms with van der Waals surface area (Å²) in [5, 5.41) is 2.99. The molecule has 0 radical (unpaired) electrons. The van der Waals surface area contributed by atoms with Crippen LogP contribution in [0, 0.1) is 11.8 Å². The highest BCUT2D eigenvalue weighted by Crippen LogP contribution is 2.48. The Morgan fingerprint density at radius 3 is 2.52 bits per heavy atom. The molecule has 3 N–H and O–H groups in total. The standard InChI is InChI=1S/C18H25F3N2O.ClH/c1-11(2)9-17(3,10-22)23-16(24)15-8-14(15)12-5-4-6-13(7-12)18(19,20)21;/h4-7,11,14-15H,8-10,22H2,1-3H3,(H,23,24);1H. The average Bonchev–Trinajstić information content (AvgIpc) is 3.26. The predicted octanol–water partition coefficient (Wildman–Crippen LogP) is 4.11. The van der Waals surface area contributed by atoms with Crippen LogP contribution in [-0.2, 0) is 11.0 Å². The van der Waals surface area contributed by atoms with Crippen LogP contribution in [-0.4, -0.2) is 18.0 Å². The summed E-state index contributed by atoms with van der Waals surface area (Å²) in [4.78, 5) is 12.4. The highest BCUT2D eigenvalue weighted by atomic mass is 35.5. The summed E-state index contributed by atoms with van der Waals surface area (Å²) in [6.07, 6.45) is -3.02. The highest BCUT2D eigenvalue weighted by molar-refractivity contribution is 5.85. The number of benzene rings is 1. The molecule has 1 saturated carbocycles. The lowest BCUT2D eigenvalue weighted by Gasteiger charge is -2.31. The van der Waals surface area contributed by atoms with Crippen LogP contribution in [0.5, 0.6) is 0 Å². The summed E-state index contributed by atoms with van der Waals surface area (Å²) in [6.45, 7) is 6.36. The third-order valence-electron chi connectivity index (χ3n) is 4.50. The van der Waals surface area contributed by atoms with E-state index in [9.17, 15) is 18.0 Å². The van der Waals surface area contributed by atoms with Crippen LogP contribution >= 0.6 is 12.4 Å². The molecule has 2 rings (SSSR count). The fourth-order valence-corrected chi connectivity index (χ4v) is 3.28. The molecule has 1 aromatic rings. The van der Waals surface area contributed by atoms with Gasteiger partial charge in [0.2, 0.25) is 5.91 Å². The maximum atomic E-state index is 12.8. The van der Waals surface area contributed by atoms with Crippen molar-refractivity contribution >= 4 is 18.3 Å². The first-order chi connectivity index (χ1) is 11.1. The van der Waals surface area contributed by atoms with Gasteiger partial charge in [0.15, 0.2) is 0 Å². The van der Waals surface area contributed by atoms with E-state index >= 15 is 0 Å². The molecule has 25 heavy (non-hydrogen) atoms. The SMILES string of the molecule is CC(C)CC(C)(CN)NC(=O)C1CC1c1cccc(C(F)(F)F)c1.Cl. The summed E-state index contributed by atoms with van der Waals surface area (Å²) < 4.78 is 38.4. The van der Waals surface area contributed by atoms with E-state index in [4.69, 9.17) is 5.73 Å². The highest BCUT2D eigenvalue weighted by Gasteiger charge is 2.46. The van der Waals surface area contributed by atoms with E-state index in [1.165, 1.54) is 6.07 Å². The number of carbonyl (C=O) groups is 1. The van der Waals surface area contributed by atoms with E-state index in [0.29, 0.717) is 24.4 Å². The molecule has 3 unspecified atom stereocenters. The quantitative estimate of drug-likeness (QED) is 0.782. The molecule has 0 aromatic heterocycles. The van der Waals surface area contributed by atoms with Crippen molar-refractivity contribution in [2.45, 2.75) is 51.2 Å². The summed E-state index contributed by atoms with van der Waals surface area (Å²) in [6, 6.07) is 5.25. The van der Waals surface area contributed by atoms with Gasteiger partial charge in [-0.3, -0.25) is 4.79 Å². The normalized spacial score (nSPS) is 22.1. The van der Waals surface area contributed by atoms with Crippen LogP contribution in [0.15, 0.2) is 24.3 Å². The van der Waals surface area contributed by atoms with Gasteiger partial charge in [-0.15, -0.1) is 12.4 Å². The van der Waals surface area contributed by atoms with Crippen molar-refractivity contribution in [1.29, 1.82) is 0 Å². The van der Waals surface area contributed by atoms with E-state index in [2.05, 4.69) is 19.2 Å². The minimum Gasteiger partial charge on any atom is -0.349 e. The molecule has 1 aromatic carbocycles. The Hall–Kier alpha value is -1.27. The first kappa shape index (κ1) is 21.8. The number of halogens is 4. The number of nitrogens with two attached hydrogens (primary N) is 1. The summed E-state index contributed by atoms with van der Waals surface area (Å²) >= 11 is 0. The average molecular weight is 379 g/mol. The smallest absolute Gasteiger partial charge is 0.349 e. The monoisotopic (exact) mass is 378 g/mol. The zero-order valence-electron chi connectivity index (χ0n) is 14.7. The number of nitrogens with one attached hydrogen (secondary N) is 1. The second-order valence-electron chi connectivity index (χ2n) is 7.42. The maximum absolute atomic E-state index is 12.8. The second-order valence-corrected chi connectivity index (χ2v) is 7.42. The van der Waals surface area contributed by atoms with Gasteiger partial charge in [0.25, 0.3) is 0 Å².